The van der Waals surface area contributed by atoms with Crippen molar-refractivity contribution in [1.82, 2.24) is 0 Å². The first-order valence-electron chi connectivity index (χ1n) is 9.14. The van der Waals surface area contributed by atoms with E-state index < -0.39 is 0 Å². The van der Waals surface area contributed by atoms with Crippen LogP contribution >= 0.6 is 0 Å². The first kappa shape index (κ1) is 15.2. The van der Waals surface area contributed by atoms with E-state index in [1.165, 1.54) is 33.0 Å². The molecule has 0 heterocycles. The summed E-state index contributed by atoms with van der Waals surface area (Å²) in [5.41, 5.74) is 7.85. The van der Waals surface area contributed by atoms with Crippen molar-refractivity contribution in [1.29, 1.82) is 0 Å². The maximum Gasteiger partial charge on any atom is 0.0470 e. The second-order valence-electron chi connectivity index (χ2n) is 7.55. The summed E-state index contributed by atoms with van der Waals surface area (Å²) in [5.74, 6) is 0. The fraction of sp³-hybridized carbons (Fsp3) is 0.120. The minimum atomic E-state index is 0.0107. The Morgan fingerprint density at radius 2 is 1.31 bits per heavy atom. The predicted octanol–water partition coefficient (Wildman–Crippen LogP) is 6.89. The van der Waals surface area contributed by atoms with Crippen LogP contribution in [0.15, 0.2) is 84.9 Å². The third-order valence-electron chi connectivity index (χ3n) is 5.61. The number of benzene rings is 4. The van der Waals surface area contributed by atoms with Gasteiger partial charge in [-0.15, -0.1) is 0 Å². The number of rotatable bonds is 2. The molecular weight excluding hydrogens is 314 g/mol. The molecule has 0 spiro atoms. The summed E-state index contributed by atoms with van der Waals surface area (Å²) >= 11 is 0. The van der Waals surface area contributed by atoms with Gasteiger partial charge >= 0.3 is 0 Å². The Balaban J connectivity index is 1.82. The first-order chi connectivity index (χ1) is 12.7. The van der Waals surface area contributed by atoms with E-state index in [9.17, 15) is 0 Å². The molecule has 0 bridgehead atoms. The van der Waals surface area contributed by atoms with Gasteiger partial charge in [0.15, 0.2) is 0 Å². The van der Waals surface area contributed by atoms with Crippen LogP contribution in [0.25, 0.3) is 21.9 Å². The Kier molecular flexibility index (Phi) is 3.20. The highest BCUT2D eigenvalue weighted by Gasteiger charge is 2.37. The highest BCUT2D eigenvalue weighted by molar-refractivity contribution is 6.05. The van der Waals surface area contributed by atoms with Crippen LogP contribution in [0.5, 0.6) is 0 Å². The lowest BCUT2D eigenvalue weighted by molar-refractivity contribution is 0.666. The Morgan fingerprint density at radius 3 is 2.12 bits per heavy atom. The highest BCUT2D eigenvalue weighted by Crippen LogP contribution is 2.52. The standard InChI is InChI=1S/C25H21N/c1-25(2)22-15-9-8-12-18(22)21-16-23(26-17-10-4-3-5-11-17)19-13-6-7-14-20(19)24(21)25/h3-16,26H,1-2H3. The number of nitrogens with one attached hydrogen (secondary N) is 1. The summed E-state index contributed by atoms with van der Waals surface area (Å²) in [6.07, 6.45) is 0. The zero-order valence-corrected chi connectivity index (χ0v) is 15.1. The summed E-state index contributed by atoms with van der Waals surface area (Å²) in [4.78, 5) is 0. The second kappa shape index (κ2) is 5.47. The zero-order valence-electron chi connectivity index (χ0n) is 15.1. The molecule has 5 rings (SSSR count). The molecule has 1 aliphatic rings. The van der Waals surface area contributed by atoms with Gasteiger partial charge < -0.3 is 5.32 Å². The smallest absolute Gasteiger partial charge is 0.0470 e. The third kappa shape index (κ3) is 2.10. The molecule has 1 aliphatic carbocycles. The van der Waals surface area contributed by atoms with Gasteiger partial charge in [0, 0.05) is 22.2 Å². The number of anilines is 2. The minimum Gasteiger partial charge on any atom is -0.355 e. The molecule has 0 saturated heterocycles. The van der Waals surface area contributed by atoms with E-state index in [-0.39, 0.29) is 5.41 Å². The van der Waals surface area contributed by atoms with Crippen LogP contribution in [-0.4, -0.2) is 0 Å². The molecule has 0 atom stereocenters. The Labute approximate surface area is 154 Å². The molecule has 4 aromatic rings. The minimum absolute atomic E-state index is 0.0107. The largest absolute Gasteiger partial charge is 0.355 e. The van der Waals surface area contributed by atoms with Crippen LogP contribution in [-0.2, 0) is 5.41 Å². The monoisotopic (exact) mass is 335 g/mol. The average molecular weight is 335 g/mol. The van der Waals surface area contributed by atoms with Gasteiger partial charge in [0.05, 0.1) is 0 Å². The summed E-state index contributed by atoms with van der Waals surface area (Å²) in [5, 5.41) is 6.25. The van der Waals surface area contributed by atoms with Gasteiger partial charge in [0.1, 0.15) is 0 Å². The Bertz CT molecular complexity index is 1120. The van der Waals surface area contributed by atoms with E-state index in [0.717, 1.165) is 11.4 Å². The molecule has 1 heteroatoms. The molecule has 0 saturated carbocycles. The highest BCUT2D eigenvalue weighted by atomic mass is 14.9. The summed E-state index contributed by atoms with van der Waals surface area (Å²) in [7, 11) is 0. The van der Waals surface area contributed by atoms with E-state index in [4.69, 9.17) is 0 Å². The van der Waals surface area contributed by atoms with Gasteiger partial charge in [-0.25, -0.2) is 0 Å². The molecule has 4 aromatic carbocycles. The van der Waals surface area contributed by atoms with Crippen LogP contribution < -0.4 is 5.32 Å². The van der Waals surface area contributed by atoms with E-state index in [1.54, 1.807) is 0 Å². The van der Waals surface area contributed by atoms with E-state index >= 15 is 0 Å². The van der Waals surface area contributed by atoms with Crippen molar-refractivity contribution in [2.24, 2.45) is 0 Å². The lowest BCUT2D eigenvalue weighted by Gasteiger charge is -2.24. The molecule has 0 unspecified atom stereocenters. The number of hydrogen-bond acceptors (Lipinski definition) is 1. The van der Waals surface area contributed by atoms with Gasteiger partial charge in [-0.2, -0.15) is 0 Å². The molecule has 0 aromatic heterocycles. The molecule has 0 fully saturated rings. The summed E-state index contributed by atoms with van der Waals surface area (Å²) in [6.45, 7) is 4.68. The molecule has 126 valence electrons. The molecule has 26 heavy (non-hydrogen) atoms. The summed E-state index contributed by atoms with van der Waals surface area (Å²) in [6, 6.07) is 30.3. The lowest BCUT2D eigenvalue weighted by Crippen LogP contribution is -2.15. The molecule has 0 radical (unpaired) electrons. The van der Waals surface area contributed by atoms with Crippen molar-refractivity contribution < 1.29 is 0 Å². The van der Waals surface area contributed by atoms with Crippen molar-refractivity contribution in [2.45, 2.75) is 19.3 Å². The van der Waals surface area contributed by atoms with Crippen LogP contribution in [0.2, 0.25) is 0 Å². The molecule has 0 aliphatic heterocycles. The normalized spacial score (nSPS) is 14.1. The fourth-order valence-corrected chi connectivity index (χ4v) is 4.44. The predicted molar refractivity (Wildman–Crippen MR) is 111 cm³/mol. The van der Waals surface area contributed by atoms with Crippen LogP contribution in [0.1, 0.15) is 25.0 Å². The number of para-hydroxylation sites is 1. The molecule has 1 nitrogen and oxygen atoms in total. The lowest BCUT2D eigenvalue weighted by atomic mass is 9.80. The summed E-state index contributed by atoms with van der Waals surface area (Å²) < 4.78 is 0. The van der Waals surface area contributed by atoms with Crippen LogP contribution in [0, 0.1) is 0 Å². The molecule has 1 N–H and O–H groups in total. The van der Waals surface area contributed by atoms with E-state index in [0.29, 0.717) is 0 Å². The van der Waals surface area contributed by atoms with Gasteiger partial charge in [-0.1, -0.05) is 80.6 Å². The van der Waals surface area contributed by atoms with Crippen molar-refractivity contribution in [2.75, 3.05) is 5.32 Å². The maximum atomic E-state index is 3.63. The van der Waals surface area contributed by atoms with Crippen molar-refractivity contribution in [3.8, 4) is 11.1 Å². The number of hydrogen-bond donors (Lipinski definition) is 1. The number of fused-ring (bicyclic) bond motifs is 5. The first-order valence-corrected chi connectivity index (χ1v) is 9.14. The van der Waals surface area contributed by atoms with Gasteiger partial charge in [-0.05, 0) is 45.8 Å². The molecule has 0 amide bonds. The maximum absolute atomic E-state index is 3.63. The third-order valence-corrected chi connectivity index (χ3v) is 5.61. The van der Waals surface area contributed by atoms with Crippen molar-refractivity contribution >= 4 is 22.1 Å². The van der Waals surface area contributed by atoms with Crippen LogP contribution in [0.3, 0.4) is 0 Å². The Hall–Kier alpha value is -3.06. The van der Waals surface area contributed by atoms with Gasteiger partial charge in [0.25, 0.3) is 0 Å². The quantitative estimate of drug-likeness (QED) is 0.420. The van der Waals surface area contributed by atoms with Crippen molar-refractivity contribution in [3.63, 3.8) is 0 Å². The van der Waals surface area contributed by atoms with Gasteiger partial charge in [0.2, 0.25) is 0 Å². The van der Waals surface area contributed by atoms with Gasteiger partial charge in [-0.3, -0.25) is 0 Å². The average Bonchev–Trinajstić information content (AvgIpc) is 2.91. The zero-order chi connectivity index (χ0) is 17.7. The van der Waals surface area contributed by atoms with E-state index in [2.05, 4.69) is 98.0 Å². The SMILES string of the molecule is CC1(C)c2ccccc2-c2cc(Nc3ccccc3)c3ccccc3c21. The van der Waals surface area contributed by atoms with Crippen molar-refractivity contribution in [3.05, 3.63) is 96.1 Å². The van der Waals surface area contributed by atoms with Crippen LogP contribution in [0.4, 0.5) is 11.4 Å². The second-order valence-corrected chi connectivity index (χ2v) is 7.55. The Morgan fingerprint density at radius 1 is 0.654 bits per heavy atom. The topological polar surface area (TPSA) is 12.0 Å². The van der Waals surface area contributed by atoms with E-state index in [1.807, 2.05) is 6.07 Å². The molecular formula is C25H21N. The fourth-order valence-electron chi connectivity index (χ4n) is 4.44.